The molecular formula is C28H26N2O7. The van der Waals surface area contributed by atoms with E-state index < -0.39 is 36.0 Å². The van der Waals surface area contributed by atoms with E-state index in [0.717, 1.165) is 11.1 Å². The highest BCUT2D eigenvalue weighted by Gasteiger charge is 2.36. The lowest BCUT2D eigenvalue weighted by molar-refractivity contribution is -0.156. The smallest absolute Gasteiger partial charge is 0.408 e. The van der Waals surface area contributed by atoms with Crippen LogP contribution in [0, 0.1) is 0 Å². The third-order valence-electron chi connectivity index (χ3n) is 5.59. The molecule has 0 spiro atoms. The fourth-order valence-corrected chi connectivity index (χ4v) is 3.65. The van der Waals surface area contributed by atoms with Crippen molar-refractivity contribution in [2.45, 2.75) is 38.2 Å². The summed E-state index contributed by atoms with van der Waals surface area (Å²) in [7, 11) is 0. The van der Waals surface area contributed by atoms with Crippen molar-refractivity contribution in [2.75, 3.05) is 0 Å². The van der Waals surface area contributed by atoms with Gasteiger partial charge < -0.3 is 19.5 Å². The van der Waals surface area contributed by atoms with E-state index >= 15 is 0 Å². The number of ether oxygens (including phenoxy) is 3. The Morgan fingerprint density at radius 2 is 1.46 bits per heavy atom. The number of benzene rings is 3. The van der Waals surface area contributed by atoms with E-state index in [2.05, 4.69) is 10.6 Å². The molecule has 37 heavy (non-hydrogen) atoms. The van der Waals surface area contributed by atoms with Crippen molar-refractivity contribution in [3.05, 3.63) is 102 Å². The zero-order valence-electron chi connectivity index (χ0n) is 19.9. The highest BCUT2D eigenvalue weighted by atomic mass is 16.6. The van der Waals surface area contributed by atoms with Crippen molar-refractivity contribution in [1.82, 2.24) is 10.6 Å². The van der Waals surface area contributed by atoms with Gasteiger partial charge in [-0.3, -0.25) is 14.9 Å². The zero-order valence-corrected chi connectivity index (χ0v) is 19.9. The van der Waals surface area contributed by atoms with E-state index in [-0.39, 0.29) is 19.4 Å². The minimum atomic E-state index is -1.24. The Labute approximate surface area is 213 Å². The van der Waals surface area contributed by atoms with Gasteiger partial charge in [0.15, 0.2) is 6.10 Å². The molecule has 3 amide bonds. The first kappa shape index (κ1) is 25.4. The molecule has 1 fully saturated rings. The van der Waals surface area contributed by atoms with Gasteiger partial charge in [-0.05, 0) is 28.8 Å². The van der Waals surface area contributed by atoms with Crippen molar-refractivity contribution in [1.29, 1.82) is 0 Å². The number of hydrogen-bond acceptors (Lipinski definition) is 7. The van der Waals surface area contributed by atoms with Gasteiger partial charge in [0.2, 0.25) is 5.91 Å². The molecule has 0 aliphatic carbocycles. The molecule has 1 aliphatic heterocycles. The molecule has 4 rings (SSSR count). The summed E-state index contributed by atoms with van der Waals surface area (Å²) in [6.45, 7) is 0.424. The van der Waals surface area contributed by atoms with Gasteiger partial charge in [-0.25, -0.2) is 9.59 Å². The highest BCUT2D eigenvalue weighted by molar-refractivity contribution is 6.05. The maximum Gasteiger partial charge on any atom is 0.408 e. The van der Waals surface area contributed by atoms with Crippen LogP contribution in [0.2, 0.25) is 0 Å². The average molecular weight is 503 g/mol. The van der Waals surface area contributed by atoms with Crippen LogP contribution in [0.1, 0.15) is 23.1 Å². The van der Waals surface area contributed by atoms with Crippen molar-refractivity contribution in [3.8, 4) is 5.75 Å². The van der Waals surface area contributed by atoms with Crippen molar-refractivity contribution < 1.29 is 33.4 Å². The van der Waals surface area contributed by atoms with Crippen LogP contribution in [0.5, 0.6) is 5.75 Å². The topological polar surface area (TPSA) is 120 Å². The van der Waals surface area contributed by atoms with Gasteiger partial charge in [0.1, 0.15) is 25.0 Å². The predicted octanol–water partition coefficient (Wildman–Crippen LogP) is 3.06. The molecule has 0 bridgehead atoms. The summed E-state index contributed by atoms with van der Waals surface area (Å²) in [5, 5.41) is 4.60. The number of amides is 3. The van der Waals surface area contributed by atoms with E-state index in [9.17, 15) is 19.2 Å². The summed E-state index contributed by atoms with van der Waals surface area (Å²) >= 11 is 0. The maximum atomic E-state index is 12.9. The lowest BCUT2D eigenvalue weighted by Crippen LogP contribution is -2.45. The van der Waals surface area contributed by atoms with Gasteiger partial charge in [0, 0.05) is 6.42 Å². The molecule has 190 valence electrons. The summed E-state index contributed by atoms with van der Waals surface area (Å²) in [4.78, 5) is 48.6. The minimum absolute atomic E-state index is 0.0153. The van der Waals surface area contributed by atoms with E-state index in [1.54, 1.807) is 36.4 Å². The lowest BCUT2D eigenvalue weighted by Gasteiger charge is -2.19. The number of nitrogens with one attached hydrogen (secondary N) is 2. The minimum Gasteiger partial charge on any atom is -0.489 e. The molecular weight excluding hydrogens is 476 g/mol. The van der Waals surface area contributed by atoms with Gasteiger partial charge in [0.25, 0.3) is 5.91 Å². The second-order valence-corrected chi connectivity index (χ2v) is 8.42. The predicted molar refractivity (Wildman–Crippen MR) is 132 cm³/mol. The van der Waals surface area contributed by atoms with Crippen molar-refractivity contribution in [2.24, 2.45) is 0 Å². The van der Waals surface area contributed by atoms with Crippen LogP contribution in [-0.2, 0) is 43.5 Å². The van der Waals surface area contributed by atoms with Crippen LogP contribution in [-0.4, -0.2) is 36.0 Å². The van der Waals surface area contributed by atoms with Crippen LogP contribution < -0.4 is 15.4 Å². The summed E-state index contributed by atoms with van der Waals surface area (Å²) in [6.07, 6.45) is -2.25. The van der Waals surface area contributed by atoms with Crippen LogP contribution in [0.3, 0.4) is 0 Å². The number of carbonyl (C=O) groups is 4. The highest BCUT2D eigenvalue weighted by Crippen LogP contribution is 2.17. The number of imide groups is 1. The number of esters is 1. The summed E-state index contributed by atoms with van der Waals surface area (Å²) in [5.41, 5.74) is 2.52. The summed E-state index contributed by atoms with van der Waals surface area (Å²) in [6, 6.07) is 24.7. The molecule has 0 unspecified atom stereocenters. The maximum absolute atomic E-state index is 12.9. The van der Waals surface area contributed by atoms with Gasteiger partial charge in [-0.1, -0.05) is 72.8 Å². The Hall–Kier alpha value is -4.66. The number of carbonyl (C=O) groups excluding carboxylic acids is 4. The molecule has 0 aromatic heterocycles. The molecule has 1 heterocycles. The molecule has 9 nitrogen and oxygen atoms in total. The second-order valence-electron chi connectivity index (χ2n) is 8.42. The summed E-state index contributed by atoms with van der Waals surface area (Å²) < 4.78 is 16.3. The van der Waals surface area contributed by atoms with Gasteiger partial charge in [0.05, 0.1) is 6.42 Å². The van der Waals surface area contributed by atoms with Gasteiger partial charge in [-0.2, -0.15) is 0 Å². The zero-order chi connectivity index (χ0) is 26.0. The Morgan fingerprint density at radius 3 is 2.05 bits per heavy atom. The monoisotopic (exact) mass is 502 g/mol. The number of hydrogen-bond donors (Lipinski definition) is 2. The first-order chi connectivity index (χ1) is 18.0. The molecule has 2 N–H and O–H groups in total. The van der Waals surface area contributed by atoms with E-state index in [1.807, 2.05) is 48.5 Å². The second kappa shape index (κ2) is 12.3. The van der Waals surface area contributed by atoms with Crippen LogP contribution in [0.25, 0.3) is 0 Å². The Balaban J connectivity index is 1.38. The molecule has 1 aliphatic rings. The van der Waals surface area contributed by atoms with Gasteiger partial charge in [-0.15, -0.1) is 0 Å². The molecule has 1 saturated heterocycles. The van der Waals surface area contributed by atoms with E-state index in [1.165, 1.54) is 0 Å². The first-order valence-electron chi connectivity index (χ1n) is 11.7. The van der Waals surface area contributed by atoms with E-state index in [4.69, 9.17) is 14.2 Å². The fraction of sp³-hybridized carbons (Fsp3) is 0.214. The number of alkyl carbamates (subject to hydrolysis) is 1. The number of rotatable bonds is 10. The molecule has 3 aromatic carbocycles. The SMILES string of the molecule is O=C1C[C@H](OC(=O)[C@H](Cc2ccc(OCc3ccccc3)cc2)NC(=O)OCc2ccccc2)C(=O)N1. The molecule has 9 heteroatoms. The van der Waals surface area contributed by atoms with Crippen LogP contribution >= 0.6 is 0 Å². The molecule has 2 atom stereocenters. The fourth-order valence-electron chi connectivity index (χ4n) is 3.65. The Bertz CT molecular complexity index is 1230. The van der Waals surface area contributed by atoms with Crippen molar-refractivity contribution in [3.63, 3.8) is 0 Å². The Morgan fingerprint density at radius 1 is 0.838 bits per heavy atom. The van der Waals surface area contributed by atoms with Gasteiger partial charge >= 0.3 is 12.1 Å². The quantitative estimate of drug-likeness (QED) is 0.323. The molecule has 0 radical (unpaired) electrons. The third kappa shape index (κ3) is 7.66. The Kier molecular flexibility index (Phi) is 8.49. The van der Waals surface area contributed by atoms with E-state index in [0.29, 0.717) is 17.9 Å². The molecule has 3 aromatic rings. The molecule has 0 saturated carbocycles. The van der Waals surface area contributed by atoms with Crippen LogP contribution in [0.4, 0.5) is 4.79 Å². The third-order valence-corrected chi connectivity index (χ3v) is 5.59. The lowest BCUT2D eigenvalue weighted by atomic mass is 10.1. The first-order valence-corrected chi connectivity index (χ1v) is 11.7. The average Bonchev–Trinajstić information content (AvgIpc) is 3.23. The van der Waals surface area contributed by atoms with Crippen molar-refractivity contribution >= 4 is 23.9 Å². The standard InChI is InChI=1S/C28H26N2O7/c31-25-16-24(26(32)30-25)37-27(33)23(29-28(34)36-18-21-9-5-2-6-10-21)15-19-11-13-22(14-12-19)35-17-20-7-3-1-4-8-20/h1-14,23-24H,15-18H2,(H,29,34)(H,30,31,32)/t23-,24-/m0/s1. The normalized spacial score (nSPS) is 15.4. The van der Waals surface area contributed by atoms with Crippen LogP contribution in [0.15, 0.2) is 84.9 Å². The summed E-state index contributed by atoms with van der Waals surface area (Å²) in [5.74, 6) is -1.43. The largest absolute Gasteiger partial charge is 0.489 e.